The maximum Gasteiger partial charge on any atom is 0.242 e. The van der Waals surface area contributed by atoms with Crippen molar-refractivity contribution in [1.82, 2.24) is 10.2 Å². The molecule has 1 aliphatic rings. The molecule has 2 amide bonds. The Labute approximate surface area is 204 Å². The normalized spacial score (nSPS) is 15.2. The molecule has 1 N–H and O–H groups in total. The number of hydrogen-bond donors (Lipinski definition) is 1. The lowest BCUT2D eigenvalue weighted by Crippen LogP contribution is -2.50. The van der Waals surface area contributed by atoms with Crippen LogP contribution in [0.25, 0.3) is 0 Å². The Morgan fingerprint density at radius 1 is 1.03 bits per heavy atom. The van der Waals surface area contributed by atoms with Gasteiger partial charge < -0.3 is 10.2 Å². The highest BCUT2D eigenvalue weighted by Gasteiger charge is 2.28. The van der Waals surface area contributed by atoms with Gasteiger partial charge in [0.15, 0.2) is 0 Å². The van der Waals surface area contributed by atoms with E-state index < -0.39 is 6.04 Å². The van der Waals surface area contributed by atoms with Gasteiger partial charge in [0, 0.05) is 22.8 Å². The van der Waals surface area contributed by atoms with Gasteiger partial charge in [-0.25, -0.2) is 0 Å². The highest BCUT2D eigenvalue weighted by atomic mass is 79.9. The van der Waals surface area contributed by atoms with Gasteiger partial charge in [0.25, 0.3) is 0 Å². The third-order valence-electron chi connectivity index (χ3n) is 6.00. The lowest BCUT2D eigenvalue weighted by molar-refractivity contribution is -0.139. The summed E-state index contributed by atoms with van der Waals surface area (Å²) in [7, 11) is 0. The van der Waals surface area contributed by atoms with Crippen molar-refractivity contribution in [2.24, 2.45) is 0 Å². The molecule has 1 atom stereocenters. The molecule has 1 saturated carbocycles. The van der Waals surface area contributed by atoms with Crippen LogP contribution in [0.1, 0.15) is 55.7 Å². The van der Waals surface area contributed by atoms with Crippen LogP contribution in [0.5, 0.6) is 0 Å². The van der Waals surface area contributed by atoms with E-state index in [-0.39, 0.29) is 17.9 Å². The van der Waals surface area contributed by atoms with E-state index in [1.54, 1.807) is 16.7 Å². The summed E-state index contributed by atoms with van der Waals surface area (Å²) in [5, 5.41) is 3.19. The molecule has 0 aromatic heterocycles. The van der Waals surface area contributed by atoms with Crippen molar-refractivity contribution in [2.75, 3.05) is 5.75 Å². The molecule has 6 heteroatoms. The minimum absolute atomic E-state index is 0.00340. The second-order valence-corrected chi connectivity index (χ2v) is 10.5. The number of amides is 2. The molecule has 0 saturated heterocycles. The van der Waals surface area contributed by atoms with Crippen molar-refractivity contribution in [2.45, 2.75) is 70.3 Å². The topological polar surface area (TPSA) is 49.4 Å². The first kappa shape index (κ1) is 24.8. The molecule has 1 aliphatic carbocycles. The summed E-state index contributed by atoms with van der Waals surface area (Å²) < 4.78 is 0.996. The number of nitrogens with zero attached hydrogens (tertiary/aromatic N) is 1. The second kappa shape index (κ2) is 12.4. The SMILES string of the molecule is Cc1ccc(CSCC(=O)N(Cc2ccc(Br)cc2)C(C)C(=O)NC2CCCCC2)cc1. The van der Waals surface area contributed by atoms with Crippen molar-refractivity contribution in [1.29, 1.82) is 0 Å². The predicted molar refractivity (Wildman–Crippen MR) is 137 cm³/mol. The lowest BCUT2D eigenvalue weighted by atomic mass is 9.95. The summed E-state index contributed by atoms with van der Waals surface area (Å²) in [5.41, 5.74) is 3.45. The van der Waals surface area contributed by atoms with Gasteiger partial charge in [0.1, 0.15) is 6.04 Å². The van der Waals surface area contributed by atoms with Crippen molar-refractivity contribution in [3.63, 3.8) is 0 Å². The van der Waals surface area contributed by atoms with Gasteiger partial charge in [0.2, 0.25) is 11.8 Å². The maximum atomic E-state index is 13.2. The summed E-state index contributed by atoms with van der Waals surface area (Å²) in [6.07, 6.45) is 5.64. The third-order valence-corrected chi connectivity index (χ3v) is 7.52. The Balaban J connectivity index is 1.64. The fraction of sp³-hybridized carbons (Fsp3) is 0.462. The van der Waals surface area contributed by atoms with Gasteiger partial charge >= 0.3 is 0 Å². The Bertz CT molecular complexity index is 880. The monoisotopic (exact) mass is 516 g/mol. The molecule has 1 fully saturated rings. The lowest BCUT2D eigenvalue weighted by Gasteiger charge is -2.31. The number of nitrogens with one attached hydrogen (secondary N) is 1. The van der Waals surface area contributed by atoms with E-state index in [9.17, 15) is 9.59 Å². The molecule has 0 spiro atoms. The Morgan fingerprint density at radius 3 is 2.31 bits per heavy atom. The number of aryl methyl sites for hydroxylation is 1. The zero-order chi connectivity index (χ0) is 22.9. The van der Waals surface area contributed by atoms with Crippen LogP contribution >= 0.6 is 27.7 Å². The summed E-state index contributed by atoms with van der Waals surface area (Å²) in [6.45, 7) is 4.34. The number of rotatable bonds is 9. The van der Waals surface area contributed by atoms with E-state index in [0.717, 1.165) is 41.5 Å². The smallest absolute Gasteiger partial charge is 0.242 e. The maximum absolute atomic E-state index is 13.2. The van der Waals surface area contributed by atoms with Crippen LogP contribution in [-0.2, 0) is 21.9 Å². The minimum Gasteiger partial charge on any atom is -0.352 e. The van der Waals surface area contributed by atoms with Crippen molar-refractivity contribution >= 4 is 39.5 Å². The molecule has 0 heterocycles. The van der Waals surface area contributed by atoms with Crippen LogP contribution < -0.4 is 5.32 Å². The van der Waals surface area contributed by atoms with E-state index in [1.165, 1.54) is 17.5 Å². The average Bonchev–Trinajstić information content (AvgIpc) is 2.80. The average molecular weight is 518 g/mol. The molecule has 4 nitrogen and oxygen atoms in total. The van der Waals surface area contributed by atoms with Crippen LogP contribution in [0, 0.1) is 6.92 Å². The zero-order valence-corrected chi connectivity index (χ0v) is 21.4. The molecule has 32 heavy (non-hydrogen) atoms. The first-order valence-electron chi connectivity index (χ1n) is 11.4. The highest BCUT2D eigenvalue weighted by Crippen LogP contribution is 2.20. The number of thioether (sulfide) groups is 1. The van der Waals surface area contributed by atoms with Crippen molar-refractivity contribution in [3.8, 4) is 0 Å². The quantitative estimate of drug-likeness (QED) is 0.454. The number of benzene rings is 2. The standard InChI is InChI=1S/C26H33BrN2O2S/c1-19-8-10-22(11-9-19)17-32-18-25(30)29(16-21-12-14-23(27)15-13-21)20(2)26(31)28-24-6-4-3-5-7-24/h8-15,20,24H,3-7,16-18H2,1-2H3,(H,28,31). The molecule has 2 aromatic rings. The predicted octanol–water partition coefficient (Wildman–Crippen LogP) is 5.86. The number of halogens is 1. The molecule has 1 unspecified atom stereocenters. The molecule has 0 aliphatic heterocycles. The summed E-state index contributed by atoms with van der Waals surface area (Å²) >= 11 is 5.06. The van der Waals surface area contributed by atoms with E-state index in [1.807, 2.05) is 31.2 Å². The van der Waals surface area contributed by atoms with Crippen LogP contribution in [0.2, 0.25) is 0 Å². The van der Waals surface area contributed by atoms with E-state index in [0.29, 0.717) is 12.3 Å². The molecule has 172 valence electrons. The largest absolute Gasteiger partial charge is 0.352 e. The van der Waals surface area contributed by atoms with Gasteiger partial charge in [-0.2, -0.15) is 0 Å². The molecule has 0 radical (unpaired) electrons. The Morgan fingerprint density at radius 2 is 1.66 bits per heavy atom. The van der Waals surface area contributed by atoms with Gasteiger partial charge in [-0.05, 0) is 49.9 Å². The van der Waals surface area contributed by atoms with Gasteiger partial charge in [0.05, 0.1) is 5.75 Å². The minimum atomic E-state index is -0.506. The number of hydrogen-bond acceptors (Lipinski definition) is 3. The fourth-order valence-corrected chi connectivity index (χ4v) is 5.10. The highest BCUT2D eigenvalue weighted by molar-refractivity contribution is 9.10. The molecule has 2 aromatic carbocycles. The molecule has 0 bridgehead atoms. The van der Waals surface area contributed by atoms with Gasteiger partial charge in [-0.3, -0.25) is 9.59 Å². The van der Waals surface area contributed by atoms with E-state index in [4.69, 9.17) is 0 Å². The second-order valence-electron chi connectivity index (χ2n) is 8.65. The zero-order valence-electron chi connectivity index (χ0n) is 19.0. The summed E-state index contributed by atoms with van der Waals surface area (Å²) in [5.74, 6) is 1.08. The fourth-order valence-electron chi connectivity index (χ4n) is 3.96. The van der Waals surface area contributed by atoms with Gasteiger partial charge in [-0.1, -0.05) is 77.2 Å². The molecular weight excluding hydrogens is 484 g/mol. The Kier molecular flexibility index (Phi) is 9.67. The van der Waals surface area contributed by atoms with Crippen LogP contribution in [0.3, 0.4) is 0 Å². The number of carbonyl (C=O) groups is 2. The Hall–Kier alpha value is -1.79. The first-order chi connectivity index (χ1) is 15.4. The van der Waals surface area contributed by atoms with Crippen molar-refractivity contribution in [3.05, 3.63) is 69.7 Å². The molecular formula is C26H33BrN2O2S. The van der Waals surface area contributed by atoms with E-state index >= 15 is 0 Å². The van der Waals surface area contributed by atoms with Gasteiger partial charge in [-0.15, -0.1) is 11.8 Å². The summed E-state index contributed by atoms with van der Waals surface area (Å²) in [4.78, 5) is 27.9. The van der Waals surface area contributed by atoms with Crippen LogP contribution in [0.15, 0.2) is 53.0 Å². The van der Waals surface area contributed by atoms with Crippen LogP contribution in [0.4, 0.5) is 0 Å². The molecule has 3 rings (SSSR count). The number of carbonyl (C=O) groups excluding carboxylic acids is 2. The first-order valence-corrected chi connectivity index (χ1v) is 13.3. The van der Waals surface area contributed by atoms with E-state index in [2.05, 4.69) is 52.4 Å². The summed E-state index contributed by atoms with van der Waals surface area (Å²) in [6, 6.07) is 16.1. The van der Waals surface area contributed by atoms with Crippen molar-refractivity contribution < 1.29 is 9.59 Å². The third kappa shape index (κ3) is 7.66. The van der Waals surface area contributed by atoms with Crippen LogP contribution in [-0.4, -0.2) is 34.6 Å².